The molecule has 0 bridgehead atoms. The number of rotatable bonds is 2. The molecule has 1 aliphatic heterocycles. The van der Waals surface area contributed by atoms with Crippen LogP contribution in [0.3, 0.4) is 0 Å². The van der Waals surface area contributed by atoms with Crippen LogP contribution in [0.2, 0.25) is 5.02 Å². The summed E-state index contributed by atoms with van der Waals surface area (Å²) >= 11 is 5.88. The molecule has 3 rings (SSSR count). The van der Waals surface area contributed by atoms with Crippen LogP contribution < -0.4 is 10.5 Å². The van der Waals surface area contributed by atoms with Gasteiger partial charge in [0, 0.05) is 11.4 Å². The summed E-state index contributed by atoms with van der Waals surface area (Å²) in [5, 5.41) is 0.730. The Hall–Kier alpha value is -1.51. The second kappa shape index (κ2) is 4.63. The van der Waals surface area contributed by atoms with E-state index in [9.17, 15) is 0 Å². The van der Waals surface area contributed by atoms with Gasteiger partial charge in [0.1, 0.15) is 5.75 Å². The average Bonchev–Trinajstić information content (AvgIpc) is 2.86. The molecule has 0 aromatic heterocycles. The number of halogens is 1. The minimum Gasteiger partial charge on any atom is -0.493 e. The van der Waals surface area contributed by atoms with Crippen molar-refractivity contribution in [1.82, 2.24) is 0 Å². The molecule has 0 fully saturated rings. The van der Waals surface area contributed by atoms with Crippen molar-refractivity contribution in [2.45, 2.75) is 12.5 Å². The van der Waals surface area contributed by atoms with Gasteiger partial charge in [0.2, 0.25) is 0 Å². The Morgan fingerprint density at radius 1 is 1.06 bits per heavy atom. The molecule has 92 valence electrons. The molecule has 2 aromatic rings. The van der Waals surface area contributed by atoms with E-state index in [4.69, 9.17) is 22.1 Å². The van der Waals surface area contributed by atoms with Crippen LogP contribution in [-0.4, -0.2) is 6.61 Å². The van der Waals surface area contributed by atoms with Gasteiger partial charge in [0.25, 0.3) is 0 Å². The maximum Gasteiger partial charge on any atom is 0.122 e. The molecule has 1 aliphatic rings. The Balaban J connectivity index is 1.92. The average molecular weight is 260 g/mol. The zero-order chi connectivity index (χ0) is 12.5. The second-order valence-electron chi connectivity index (χ2n) is 4.49. The Morgan fingerprint density at radius 2 is 1.78 bits per heavy atom. The van der Waals surface area contributed by atoms with Gasteiger partial charge in [-0.1, -0.05) is 35.9 Å². The molecule has 0 radical (unpaired) electrons. The summed E-state index contributed by atoms with van der Waals surface area (Å²) in [4.78, 5) is 0. The lowest BCUT2D eigenvalue weighted by Crippen LogP contribution is -2.11. The van der Waals surface area contributed by atoms with E-state index in [1.165, 1.54) is 5.56 Å². The number of ether oxygens (including phenoxy) is 1. The Morgan fingerprint density at radius 3 is 2.56 bits per heavy atom. The minimum absolute atomic E-state index is 0.117. The highest BCUT2D eigenvalue weighted by atomic mass is 35.5. The molecule has 3 heteroatoms. The van der Waals surface area contributed by atoms with Crippen molar-refractivity contribution in [3.05, 3.63) is 64.2 Å². The van der Waals surface area contributed by atoms with Crippen LogP contribution in [0.1, 0.15) is 22.7 Å². The highest BCUT2D eigenvalue weighted by Crippen LogP contribution is 2.29. The number of hydrogen-bond donors (Lipinski definition) is 1. The highest BCUT2D eigenvalue weighted by Gasteiger charge is 2.15. The zero-order valence-corrected chi connectivity index (χ0v) is 10.7. The second-order valence-corrected chi connectivity index (χ2v) is 4.93. The van der Waals surface area contributed by atoms with E-state index >= 15 is 0 Å². The Labute approximate surface area is 111 Å². The molecule has 2 nitrogen and oxygen atoms in total. The van der Waals surface area contributed by atoms with E-state index in [0.717, 1.165) is 34.9 Å². The van der Waals surface area contributed by atoms with E-state index in [-0.39, 0.29) is 6.04 Å². The molecule has 0 aliphatic carbocycles. The first kappa shape index (κ1) is 11.6. The smallest absolute Gasteiger partial charge is 0.122 e. The molecule has 2 aromatic carbocycles. The van der Waals surface area contributed by atoms with Crippen molar-refractivity contribution in [1.29, 1.82) is 0 Å². The van der Waals surface area contributed by atoms with Crippen LogP contribution in [0.4, 0.5) is 0 Å². The van der Waals surface area contributed by atoms with Gasteiger partial charge in [-0.2, -0.15) is 0 Å². The third kappa shape index (κ3) is 2.09. The zero-order valence-electron chi connectivity index (χ0n) is 9.90. The maximum absolute atomic E-state index is 6.28. The lowest BCUT2D eigenvalue weighted by atomic mass is 9.97. The Kier molecular flexibility index (Phi) is 2.98. The molecule has 2 N–H and O–H groups in total. The van der Waals surface area contributed by atoms with Gasteiger partial charge in [0.15, 0.2) is 0 Å². The molecule has 0 saturated heterocycles. The summed E-state index contributed by atoms with van der Waals surface area (Å²) in [5.74, 6) is 0.988. The summed E-state index contributed by atoms with van der Waals surface area (Å²) < 4.78 is 5.50. The van der Waals surface area contributed by atoms with Crippen LogP contribution >= 0.6 is 11.6 Å². The van der Waals surface area contributed by atoms with Gasteiger partial charge in [-0.15, -0.1) is 0 Å². The minimum atomic E-state index is -0.117. The van der Waals surface area contributed by atoms with Gasteiger partial charge in [0.05, 0.1) is 12.6 Å². The van der Waals surface area contributed by atoms with Crippen molar-refractivity contribution in [2.24, 2.45) is 5.73 Å². The fraction of sp³-hybridized carbons (Fsp3) is 0.200. The third-order valence-corrected chi connectivity index (χ3v) is 3.55. The fourth-order valence-corrected chi connectivity index (χ4v) is 2.39. The summed E-state index contributed by atoms with van der Waals surface area (Å²) in [6.07, 6.45) is 0.969. The lowest BCUT2D eigenvalue weighted by Gasteiger charge is -2.13. The van der Waals surface area contributed by atoms with E-state index in [1.54, 1.807) is 0 Å². The Bertz CT molecular complexity index is 565. The quantitative estimate of drug-likeness (QED) is 0.898. The van der Waals surface area contributed by atoms with Gasteiger partial charge >= 0.3 is 0 Å². The van der Waals surface area contributed by atoms with Crippen molar-refractivity contribution >= 4 is 11.6 Å². The molecule has 0 spiro atoms. The standard InChI is InChI=1S/C15H14ClNO/c16-13-4-1-10(2-5-13)15(17)12-3-6-14-11(9-12)7-8-18-14/h1-6,9,15H,7-8,17H2. The van der Waals surface area contributed by atoms with Crippen molar-refractivity contribution in [3.8, 4) is 5.75 Å². The first-order valence-electron chi connectivity index (χ1n) is 6.01. The van der Waals surface area contributed by atoms with Crippen LogP contribution in [0.25, 0.3) is 0 Å². The number of hydrogen-bond acceptors (Lipinski definition) is 2. The first-order chi connectivity index (χ1) is 8.74. The molecule has 1 heterocycles. The van der Waals surface area contributed by atoms with Crippen molar-refractivity contribution in [3.63, 3.8) is 0 Å². The predicted molar refractivity (Wildman–Crippen MR) is 73.1 cm³/mol. The predicted octanol–water partition coefficient (Wildman–Crippen LogP) is 3.32. The number of fused-ring (bicyclic) bond motifs is 1. The van der Waals surface area contributed by atoms with Crippen LogP contribution in [0, 0.1) is 0 Å². The summed E-state index contributed by atoms with van der Waals surface area (Å²) in [6.45, 7) is 0.773. The third-order valence-electron chi connectivity index (χ3n) is 3.30. The number of nitrogens with two attached hydrogens (primary N) is 1. The van der Waals surface area contributed by atoms with Crippen molar-refractivity contribution in [2.75, 3.05) is 6.61 Å². The number of benzene rings is 2. The van der Waals surface area contributed by atoms with E-state index < -0.39 is 0 Å². The van der Waals surface area contributed by atoms with Crippen molar-refractivity contribution < 1.29 is 4.74 Å². The maximum atomic E-state index is 6.28. The van der Waals surface area contributed by atoms with E-state index in [2.05, 4.69) is 6.07 Å². The molecule has 0 amide bonds. The first-order valence-corrected chi connectivity index (χ1v) is 6.38. The molecular weight excluding hydrogens is 246 g/mol. The molecular formula is C15H14ClNO. The highest BCUT2D eigenvalue weighted by molar-refractivity contribution is 6.30. The van der Waals surface area contributed by atoms with Crippen LogP contribution in [0.15, 0.2) is 42.5 Å². The molecule has 18 heavy (non-hydrogen) atoms. The van der Waals surface area contributed by atoms with Gasteiger partial charge in [-0.25, -0.2) is 0 Å². The largest absolute Gasteiger partial charge is 0.493 e. The van der Waals surface area contributed by atoms with Gasteiger partial charge < -0.3 is 10.5 Å². The topological polar surface area (TPSA) is 35.2 Å². The summed E-state index contributed by atoms with van der Waals surface area (Å²) in [7, 11) is 0. The van der Waals surface area contributed by atoms with Gasteiger partial charge in [-0.05, 0) is 34.9 Å². The monoisotopic (exact) mass is 259 g/mol. The van der Waals surface area contributed by atoms with E-state index in [1.807, 2.05) is 36.4 Å². The molecule has 0 saturated carbocycles. The SMILES string of the molecule is NC(c1ccc(Cl)cc1)c1ccc2c(c1)CCO2. The lowest BCUT2D eigenvalue weighted by molar-refractivity contribution is 0.357. The molecule has 1 unspecified atom stereocenters. The van der Waals surface area contributed by atoms with Crippen LogP contribution in [-0.2, 0) is 6.42 Å². The summed E-state index contributed by atoms with van der Waals surface area (Å²) in [5.41, 5.74) is 9.70. The normalized spacial score (nSPS) is 15.0. The fourth-order valence-electron chi connectivity index (χ4n) is 2.26. The molecule has 1 atom stereocenters. The van der Waals surface area contributed by atoms with Crippen LogP contribution in [0.5, 0.6) is 5.75 Å². The summed E-state index contributed by atoms with van der Waals surface area (Å²) in [6, 6.07) is 13.7. The van der Waals surface area contributed by atoms with E-state index in [0.29, 0.717) is 0 Å². The van der Waals surface area contributed by atoms with Gasteiger partial charge in [-0.3, -0.25) is 0 Å².